The summed E-state index contributed by atoms with van der Waals surface area (Å²) in [6, 6.07) is 9.01. The van der Waals surface area contributed by atoms with Crippen LogP contribution in [-0.2, 0) is 23.2 Å². The monoisotopic (exact) mass is 452 g/mol. The minimum Gasteiger partial charge on any atom is -0.322 e. The number of amides is 3. The summed E-state index contributed by atoms with van der Waals surface area (Å²) >= 11 is 6.30. The van der Waals surface area contributed by atoms with Crippen molar-refractivity contribution in [2.24, 2.45) is 7.05 Å². The Morgan fingerprint density at radius 2 is 1.88 bits per heavy atom. The topological polar surface area (TPSA) is 84.3 Å². The molecule has 3 amide bonds. The Balaban J connectivity index is 1.51. The maximum atomic E-state index is 13.5. The van der Waals surface area contributed by atoms with Crippen LogP contribution in [0.3, 0.4) is 0 Å². The molecule has 1 aromatic heterocycles. The lowest BCUT2D eigenvalue weighted by molar-refractivity contribution is -0.136. The van der Waals surface area contributed by atoms with Gasteiger partial charge in [-0.3, -0.25) is 24.4 Å². The van der Waals surface area contributed by atoms with E-state index >= 15 is 0 Å². The molecular formula is C23H18ClFN4O3. The molecule has 2 aromatic carbocycles. The van der Waals surface area contributed by atoms with E-state index in [-0.39, 0.29) is 29.8 Å². The maximum Gasteiger partial charge on any atom is 0.255 e. The van der Waals surface area contributed by atoms with Gasteiger partial charge in [0, 0.05) is 36.7 Å². The summed E-state index contributed by atoms with van der Waals surface area (Å²) in [5.74, 6) is -1.41. The first-order valence-electron chi connectivity index (χ1n) is 10.1. The van der Waals surface area contributed by atoms with Crippen LogP contribution in [0.2, 0.25) is 5.02 Å². The molecule has 7 nitrogen and oxygen atoms in total. The molecule has 0 radical (unpaired) electrons. The van der Waals surface area contributed by atoms with E-state index in [0.717, 1.165) is 22.4 Å². The third-order valence-electron chi connectivity index (χ3n) is 5.96. The number of aromatic nitrogens is 2. The quantitative estimate of drug-likeness (QED) is 0.618. The molecule has 162 valence electrons. The highest BCUT2D eigenvalue weighted by Crippen LogP contribution is 2.38. The van der Waals surface area contributed by atoms with Crippen molar-refractivity contribution in [1.29, 1.82) is 0 Å². The fourth-order valence-electron chi connectivity index (χ4n) is 4.39. The lowest BCUT2D eigenvalue weighted by Crippen LogP contribution is -2.52. The summed E-state index contributed by atoms with van der Waals surface area (Å²) in [6.45, 7) is 0.279. The molecule has 1 unspecified atom stereocenters. The Hall–Kier alpha value is -3.52. The summed E-state index contributed by atoms with van der Waals surface area (Å²) in [7, 11) is 1.78. The first-order chi connectivity index (χ1) is 15.3. The number of rotatable bonds is 3. The van der Waals surface area contributed by atoms with Gasteiger partial charge in [0.2, 0.25) is 11.8 Å². The van der Waals surface area contributed by atoms with Gasteiger partial charge < -0.3 is 4.90 Å². The molecule has 1 saturated heterocycles. The van der Waals surface area contributed by atoms with E-state index in [4.69, 9.17) is 11.6 Å². The molecule has 5 rings (SSSR count). The third-order valence-corrected chi connectivity index (χ3v) is 6.27. The van der Waals surface area contributed by atoms with Crippen molar-refractivity contribution in [3.05, 3.63) is 64.6 Å². The average Bonchev–Trinajstić information content (AvgIpc) is 3.28. The number of nitrogens with one attached hydrogen (secondary N) is 1. The Bertz CT molecular complexity index is 1300. The van der Waals surface area contributed by atoms with Gasteiger partial charge in [-0.05, 0) is 47.9 Å². The number of carbonyl (C=O) groups is 3. The minimum atomic E-state index is -0.664. The zero-order valence-corrected chi connectivity index (χ0v) is 17.8. The third kappa shape index (κ3) is 3.27. The Kier molecular flexibility index (Phi) is 4.82. The zero-order valence-electron chi connectivity index (χ0n) is 17.1. The Morgan fingerprint density at radius 3 is 2.62 bits per heavy atom. The molecule has 3 aromatic rings. The van der Waals surface area contributed by atoms with Gasteiger partial charge in [-0.1, -0.05) is 17.7 Å². The minimum absolute atomic E-state index is 0.208. The SMILES string of the molecule is Cn1ncc(-c2ccc3c(c2)CN(C2CCC(=O)NC2=O)C3=O)c1-c1ccc(F)cc1Cl. The van der Waals surface area contributed by atoms with Crippen LogP contribution in [0.1, 0.15) is 28.8 Å². The number of hydrogen-bond acceptors (Lipinski definition) is 4. The lowest BCUT2D eigenvalue weighted by atomic mass is 9.98. The number of hydrogen-bond donors (Lipinski definition) is 1. The van der Waals surface area contributed by atoms with Crippen molar-refractivity contribution in [2.45, 2.75) is 25.4 Å². The van der Waals surface area contributed by atoms with Crippen molar-refractivity contribution >= 4 is 29.3 Å². The molecule has 2 aliphatic heterocycles. The average molecular weight is 453 g/mol. The smallest absolute Gasteiger partial charge is 0.255 e. The van der Waals surface area contributed by atoms with Gasteiger partial charge in [-0.25, -0.2) is 4.39 Å². The molecule has 2 aliphatic rings. The van der Waals surface area contributed by atoms with Gasteiger partial charge in [0.1, 0.15) is 11.9 Å². The summed E-state index contributed by atoms with van der Waals surface area (Å²) in [6.07, 6.45) is 2.22. The number of fused-ring (bicyclic) bond motifs is 1. The first kappa shape index (κ1) is 20.4. The molecular weight excluding hydrogens is 435 g/mol. The van der Waals surface area contributed by atoms with Crippen LogP contribution in [0.25, 0.3) is 22.4 Å². The van der Waals surface area contributed by atoms with Gasteiger partial charge in [0.15, 0.2) is 0 Å². The summed E-state index contributed by atoms with van der Waals surface area (Å²) in [4.78, 5) is 38.2. The Morgan fingerprint density at radius 1 is 1.09 bits per heavy atom. The fourth-order valence-corrected chi connectivity index (χ4v) is 4.65. The van der Waals surface area contributed by atoms with Gasteiger partial charge in [0.25, 0.3) is 5.91 Å². The van der Waals surface area contributed by atoms with E-state index < -0.39 is 17.8 Å². The molecule has 3 heterocycles. The van der Waals surface area contributed by atoms with Crippen LogP contribution in [0, 0.1) is 5.82 Å². The molecule has 1 N–H and O–H groups in total. The molecule has 0 aliphatic carbocycles. The van der Waals surface area contributed by atoms with Crippen LogP contribution in [0.15, 0.2) is 42.6 Å². The van der Waals surface area contributed by atoms with Crippen molar-refractivity contribution in [3.63, 3.8) is 0 Å². The van der Waals surface area contributed by atoms with Crippen molar-refractivity contribution in [2.75, 3.05) is 0 Å². The number of benzene rings is 2. The number of nitrogens with zero attached hydrogens (tertiary/aromatic N) is 3. The van der Waals surface area contributed by atoms with Crippen LogP contribution < -0.4 is 5.32 Å². The predicted molar refractivity (Wildman–Crippen MR) is 115 cm³/mol. The normalized spacial score (nSPS) is 18.2. The molecule has 0 spiro atoms. The number of halogens is 2. The van der Waals surface area contributed by atoms with Crippen LogP contribution in [0.4, 0.5) is 4.39 Å². The Labute approximate surface area is 187 Å². The van der Waals surface area contributed by atoms with Crippen molar-refractivity contribution in [1.82, 2.24) is 20.0 Å². The standard InChI is InChI=1S/C23H18ClFN4O3/c1-28-21(16-5-3-14(25)9-18(16)24)17(10-26-28)12-2-4-15-13(8-12)11-29(23(15)32)19-6-7-20(30)27-22(19)31/h2-5,8-10,19H,6-7,11H2,1H3,(H,27,30,31). The molecule has 0 saturated carbocycles. The summed E-state index contributed by atoms with van der Waals surface area (Å²) in [5.41, 5.74) is 4.30. The first-order valence-corrected chi connectivity index (χ1v) is 10.5. The molecule has 1 fully saturated rings. The second kappa shape index (κ2) is 7.56. The number of carbonyl (C=O) groups excluding carboxylic acids is 3. The molecule has 1 atom stereocenters. The van der Waals surface area contributed by atoms with E-state index in [1.54, 1.807) is 30.1 Å². The van der Waals surface area contributed by atoms with E-state index in [1.807, 2.05) is 12.1 Å². The molecule has 9 heteroatoms. The van der Waals surface area contributed by atoms with Crippen LogP contribution in [0.5, 0.6) is 0 Å². The number of aryl methyl sites for hydroxylation is 1. The highest BCUT2D eigenvalue weighted by molar-refractivity contribution is 6.33. The summed E-state index contributed by atoms with van der Waals surface area (Å²) < 4.78 is 15.2. The van der Waals surface area contributed by atoms with E-state index in [0.29, 0.717) is 17.5 Å². The van der Waals surface area contributed by atoms with Gasteiger partial charge in [-0.15, -0.1) is 0 Å². The van der Waals surface area contributed by atoms with E-state index in [9.17, 15) is 18.8 Å². The molecule has 32 heavy (non-hydrogen) atoms. The van der Waals surface area contributed by atoms with Gasteiger partial charge in [-0.2, -0.15) is 5.10 Å². The van der Waals surface area contributed by atoms with E-state index in [1.165, 1.54) is 17.0 Å². The van der Waals surface area contributed by atoms with Crippen LogP contribution >= 0.6 is 11.6 Å². The highest BCUT2D eigenvalue weighted by atomic mass is 35.5. The fraction of sp³-hybridized carbons (Fsp3) is 0.217. The highest BCUT2D eigenvalue weighted by Gasteiger charge is 2.39. The lowest BCUT2D eigenvalue weighted by Gasteiger charge is -2.29. The van der Waals surface area contributed by atoms with Crippen molar-refractivity contribution in [3.8, 4) is 22.4 Å². The van der Waals surface area contributed by atoms with Gasteiger partial charge >= 0.3 is 0 Å². The van der Waals surface area contributed by atoms with Crippen molar-refractivity contribution < 1.29 is 18.8 Å². The zero-order chi connectivity index (χ0) is 22.6. The second-order valence-electron chi connectivity index (χ2n) is 7.93. The summed E-state index contributed by atoms with van der Waals surface area (Å²) in [5, 5.41) is 6.93. The van der Waals surface area contributed by atoms with E-state index in [2.05, 4.69) is 10.4 Å². The molecule has 0 bridgehead atoms. The largest absolute Gasteiger partial charge is 0.322 e. The number of piperidine rings is 1. The second-order valence-corrected chi connectivity index (χ2v) is 8.33. The maximum absolute atomic E-state index is 13.5. The number of imide groups is 1. The predicted octanol–water partition coefficient (Wildman–Crippen LogP) is 3.31. The van der Waals surface area contributed by atoms with Crippen LogP contribution in [-0.4, -0.2) is 38.4 Å². The van der Waals surface area contributed by atoms with Gasteiger partial charge in [0.05, 0.1) is 16.9 Å².